The van der Waals surface area contributed by atoms with Crippen LogP contribution in [0.25, 0.3) is 5.69 Å². The van der Waals surface area contributed by atoms with E-state index in [1.807, 2.05) is 52.2 Å². The average molecular weight is 574 g/mol. The Balaban J connectivity index is 1.28. The van der Waals surface area contributed by atoms with E-state index < -0.39 is 0 Å². The van der Waals surface area contributed by atoms with Gasteiger partial charge in [0.1, 0.15) is 11.5 Å². The van der Waals surface area contributed by atoms with Crippen LogP contribution >= 0.6 is 0 Å². The maximum atomic E-state index is 6.18. The first-order valence-electron chi connectivity index (χ1n) is 13.5. The maximum absolute atomic E-state index is 6.18. The van der Waals surface area contributed by atoms with Crippen LogP contribution in [0.3, 0.4) is 0 Å². The molecule has 0 saturated heterocycles. The smallest absolute Gasteiger partial charge is 0.306 e. The molecule has 3 aromatic heterocycles. The van der Waals surface area contributed by atoms with Crippen LogP contribution in [0.2, 0.25) is 0 Å². The van der Waals surface area contributed by atoms with Gasteiger partial charge in [-0.15, -0.1) is 5.10 Å². The molecule has 5 rings (SSSR count). The maximum Gasteiger partial charge on any atom is 0.306 e. The Morgan fingerprint density at radius 3 is 2.57 bits per heavy atom. The normalized spacial score (nSPS) is 17.5. The van der Waals surface area contributed by atoms with E-state index in [0.29, 0.717) is 35.4 Å². The zero-order valence-electron chi connectivity index (χ0n) is 24.6. The topological polar surface area (TPSA) is 117 Å². The van der Waals surface area contributed by atoms with Gasteiger partial charge >= 0.3 is 5.88 Å². The number of aryl methyl sites for hydroxylation is 1. The van der Waals surface area contributed by atoms with Crippen molar-refractivity contribution < 1.29 is 23.8 Å². The van der Waals surface area contributed by atoms with Crippen molar-refractivity contribution in [3.8, 4) is 23.1 Å². The molecule has 0 saturated carbocycles. The Bertz CT molecular complexity index is 1530. The highest BCUT2D eigenvalue weighted by Crippen LogP contribution is 2.34. The third kappa shape index (κ3) is 6.23. The van der Waals surface area contributed by atoms with E-state index in [2.05, 4.69) is 30.4 Å². The Morgan fingerprint density at radius 2 is 1.86 bits per heavy atom. The van der Waals surface area contributed by atoms with Crippen LogP contribution < -0.4 is 19.8 Å². The molecule has 0 aromatic carbocycles. The van der Waals surface area contributed by atoms with Crippen molar-refractivity contribution >= 4 is 12.0 Å². The molecule has 0 radical (unpaired) electrons. The number of fused-ring (bicyclic) bond motifs is 1. The number of aliphatic imine (C=N–C) groups is 1. The lowest BCUT2D eigenvalue weighted by Gasteiger charge is -2.29. The van der Waals surface area contributed by atoms with E-state index in [9.17, 15) is 0 Å². The minimum Gasteiger partial charge on any atom is -0.493 e. The van der Waals surface area contributed by atoms with E-state index >= 15 is 0 Å². The van der Waals surface area contributed by atoms with Gasteiger partial charge in [-0.25, -0.2) is 15.1 Å². The minimum absolute atomic E-state index is 0.126. The van der Waals surface area contributed by atoms with Crippen molar-refractivity contribution in [1.82, 2.24) is 24.6 Å². The first-order chi connectivity index (χ1) is 20.4. The largest absolute Gasteiger partial charge is 0.493 e. The summed E-state index contributed by atoms with van der Waals surface area (Å²) >= 11 is 0. The third-order valence-electron chi connectivity index (χ3n) is 6.61. The summed E-state index contributed by atoms with van der Waals surface area (Å²) in [6.45, 7) is 5.04. The lowest BCUT2D eigenvalue weighted by Crippen LogP contribution is -2.27. The standard InChI is InChI=1S/C30H35N7O5/c1-7-40-27-18-37(29-19(2)31-12-10-20(29)17-36(3)4)34-30(27)42-35-28-9-8-21(16-33-28)41-24-11-13-32-23-15-26(39-6)25(38-5)14-22(23)24/h8-16,18,22-23H,7,17H2,1-6H3,(H,33,35). The van der Waals surface area contributed by atoms with Crippen molar-refractivity contribution in [1.29, 1.82) is 0 Å². The Kier molecular flexibility index (Phi) is 8.72. The quantitative estimate of drug-likeness (QED) is 0.315. The van der Waals surface area contributed by atoms with Gasteiger partial charge in [0.2, 0.25) is 5.75 Å². The number of nitrogens with one attached hydrogen (secondary N) is 1. The number of hydrogen-bond donors (Lipinski definition) is 1. The highest BCUT2D eigenvalue weighted by atomic mass is 16.7. The molecule has 4 heterocycles. The van der Waals surface area contributed by atoms with Gasteiger partial charge in [-0.3, -0.25) is 9.98 Å². The minimum atomic E-state index is -0.144. The predicted octanol–water partition coefficient (Wildman–Crippen LogP) is 4.24. The number of hydrogen-bond acceptors (Lipinski definition) is 11. The van der Waals surface area contributed by atoms with Gasteiger partial charge < -0.3 is 28.7 Å². The molecule has 1 N–H and O–H groups in total. The number of pyridine rings is 2. The van der Waals surface area contributed by atoms with Gasteiger partial charge in [-0.2, -0.15) is 0 Å². The summed E-state index contributed by atoms with van der Waals surface area (Å²) < 4.78 is 24.6. The molecular weight excluding hydrogens is 538 g/mol. The van der Waals surface area contributed by atoms with Gasteiger partial charge in [0.15, 0.2) is 17.3 Å². The number of ether oxygens (including phenoxy) is 4. The Morgan fingerprint density at radius 1 is 1.05 bits per heavy atom. The molecule has 0 bridgehead atoms. The fourth-order valence-electron chi connectivity index (χ4n) is 4.75. The molecule has 2 atom stereocenters. The summed E-state index contributed by atoms with van der Waals surface area (Å²) in [6.07, 6.45) is 12.7. The second-order valence-corrected chi connectivity index (χ2v) is 9.86. The molecule has 0 amide bonds. The number of nitrogens with zero attached hydrogens (tertiary/aromatic N) is 6. The second-order valence-electron chi connectivity index (χ2n) is 9.86. The summed E-state index contributed by atoms with van der Waals surface area (Å²) in [6, 6.07) is 5.40. The van der Waals surface area contributed by atoms with Crippen LogP contribution in [0, 0.1) is 12.8 Å². The van der Waals surface area contributed by atoms with Crippen molar-refractivity contribution in [3.63, 3.8) is 0 Å². The van der Waals surface area contributed by atoms with Gasteiger partial charge in [-0.05, 0) is 69.9 Å². The number of anilines is 1. The van der Waals surface area contributed by atoms with Crippen LogP contribution in [-0.2, 0) is 16.0 Å². The number of methoxy groups -OCH3 is 2. The van der Waals surface area contributed by atoms with Crippen molar-refractivity contribution in [3.05, 3.63) is 83.6 Å². The van der Waals surface area contributed by atoms with E-state index in [-0.39, 0.29) is 17.8 Å². The molecule has 42 heavy (non-hydrogen) atoms. The average Bonchev–Trinajstić information content (AvgIpc) is 3.38. The first-order valence-corrected chi connectivity index (χ1v) is 13.5. The highest BCUT2D eigenvalue weighted by molar-refractivity contribution is 5.74. The van der Waals surface area contributed by atoms with Gasteiger partial charge in [-0.1, -0.05) is 0 Å². The SMILES string of the molecule is CCOc1cn(-c2c(CN(C)C)ccnc2C)nc1ONc1ccc(OC2=CC=NC3C=C(OC)C(OC)=CC23)cn1. The van der Waals surface area contributed by atoms with Crippen LogP contribution in [-0.4, -0.2) is 71.8 Å². The number of rotatable bonds is 12. The van der Waals surface area contributed by atoms with E-state index in [0.717, 1.165) is 29.2 Å². The molecule has 2 unspecified atom stereocenters. The lowest BCUT2D eigenvalue weighted by molar-refractivity contribution is 0.208. The Hall–Kier alpha value is -4.84. The summed E-state index contributed by atoms with van der Waals surface area (Å²) in [5.41, 5.74) is 5.67. The third-order valence-corrected chi connectivity index (χ3v) is 6.61. The number of dihydropyridines is 1. The van der Waals surface area contributed by atoms with E-state index in [1.165, 1.54) is 0 Å². The molecular formula is C30H35N7O5. The summed E-state index contributed by atoms with van der Waals surface area (Å²) in [5.74, 6) is 3.68. The predicted molar refractivity (Wildman–Crippen MR) is 158 cm³/mol. The first kappa shape index (κ1) is 28.7. The fraction of sp³-hybridized carbons (Fsp3) is 0.333. The zero-order valence-corrected chi connectivity index (χ0v) is 24.6. The molecule has 3 aromatic rings. The molecule has 0 spiro atoms. The van der Waals surface area contributed by atoms with Crippen molar-refractivity contribution in [2.75, 3.05) is 40.4 Å². The number of aromatic nitrogens is 4. The van der Waals surface area contributed by atoms with Crippen LogP contribution in [0.15, 0.2) is 77.3 Å². The zero-order chi connectivity index (χ0) is 29.6. The molecule has 2 aliphatic rings. The van der Waals surface area contributed by atoms with Crippen LogP contribution in [0.5, 0.6) is 17.4 Å². The van der Waals surface area contributed by atoms with E-state index in [4.69, 9.17) is 23.8 Å². The number of allylic oxidation sites excluding steroid dienone is 1. The highest BCUT2D eigenvalue weighted by Gasteiger charge is 2.31. The molecule has 12 heteroatoms. The van der Waals surface area contributed by atoms with Gasteiger partial charge in [0.25, 0.3) is 0 Å². The van der Waals surface area contributed by atoms with Crippen molar-refractivity contribution in [2.24, 2.45) is 10.9 Å². The van der Waals surface area contributed by atoms with E-state index in [1.54, 1.807) is 55.8 Å². The van der Waals surface area contributed by atoms with Crippen LogP contribution in [0.4, 0.5) is 5.82 Å². The second kappa shape index (κ2) is 12.8. The Labute approximate surface area is 244 Å². The molecule has 220 valence electrons. The summed E-state index contributed by atoms with van der Waals surface area (Å²) in [4.78, 5) is 21.4. The van der Waals surface area contributed by atoms with Crippen LogP contribution in [0.1, 0.15) is 18.2 Å². The fourth-order valence-corrected chi connectivity index (χ4v) is 4.75. The monoisotopic (exact) mass is 573 g/mol. The molecule has 12 nitrogen and oxygen atoms in total. The lowest BCUT2D eigenvalue weighted by atomic mass is 9.90. The molecule has 1 aliphatic heterocycles. The summed E-state index contributed by atoms with van der Waals surface area (Å²) in [5, 5.41) is 4.65. The molecule has 0 fully saturated rings. The van der Waals surface area contributed by atoms with Gasteiger partial charge in [0, 0.05) is 19.0 Å². The summed E-state index contributed by atoms with van der Waals surface area (Å²) in [7, 11) is 7.26. The van der Waals surface area contributed by atoms with Crippen molar-refractivity contribution in [2.45, 2.75) is 26.4 Å². The molecule has 1 aliphatic carbocycles. The van der Waals surface area contributed by atoms with Gasteiger partial charge in [0.05, 0.1) is 56.6 Å².